The molecule has 0 aromatic heterocycles. The molecule has 6 heteroatoms. The van der Waals surface area contributed by atoms with E-state index in [9.17, 15) is 4.79 Å². The highest BCUT2D eigenvalue weighted by molar-refractivity contribution is 8.18. The Kier molecular flexibility index (Phi) is 8.85. The van der Waals surface area contributed by atoms with Crippen LogP contribution in [0.15, 0.2) is 88.8 Å². The molecule has 1 heterocycles. The average Bonchev–Trinajstić information content (AvgIpc) is 3.17. The van der Waals surface area contributed by atoms with Crippen LogP contribution in [0.1, 0.15) is 31.9 Å². The maximum absolute atomic E-state index is 13.5. The third-order valence-electron chi connectivity index (χ3n) is 5.47. The van der Waals surface area contributed by atoms with Crippen LogP contribution in [0.2, 0.25) is 0 Å². The molecule has 4 rings (SSSR count). The van der Waals surface area contributed by atoms with Crippen molar-refractivity contribution in [2.45, 2.75) is 27.2 Å². The molecule has 1 amide bonds. The van der Waals surface area contributed by atoms with Crippen LogP contribution < -0.4 is 9.47 Å². The molecule has 186 valence electrons. The van der Waals surface area contributed by atoms with Crippen molar-refractivity contribution in [3.63, 3.8) is 0 Å². The van der Waals surface area contributed by atoms with E-state index >= 15 is 0 Å². The highest BCUT2D eigenvalue weighted by Gasteiger charge is 2.33. The van der Waals surface area contributed by atoms with Gasteiger partial charge in [0.05, 0.1) is 23.8 Å². The monoisotopic (exact) mass is 500 g/mol. The maximum atomic E-state index is 13.5. The number of amidine groups is 1. The lowest BCUT2D eigenvalue weighted by Gasteiger charge is -2.15. The molecule has 1 fully saturated rings. The summed E-state index contributed by atoms with van der Waals surface area (Å²) in [6.07, 6.45) is 2.66. The minimum atomic E-state index is -0.0382. The number of hydrogen-bond donors (Lipinski definition) is 0. The van der Waals surface area contributed by atoms with Gasteiger partial charge in [-0.3, -0.25) is 9.69 Å². The van der Waals surface area contributed by atoms with Crippen LogP contribution in [0.3, 0.4) is 0 Å². The summed E-state index contributed by atoms with van der Waals surface area (Å²) in [7, 11) is 0. The van der Waals surface area contributed by atoms with E-state index in [0.29, 0.717) is 47.2 Å². The van der Waals surface area contributed by atoms with Gasteiger partial charge in [0, 0.05) is 6.54 Å². The Bertz CT molecular complexity index is 1220. The first-order valence-corrected chi connectivity index (χ1v) is 13.1. The van der Waals surface area contributed by atoms with Gasteiger partial charge in [-0.25, -0.2) is 4.99 Å². The molecule has 0 unspecified atom stereocenters. The summed E-state index contributed by atoms with van der Waals surface area (Å²) in [5.74, 6) is 1.78. The zero-order valence-corrected chi connectivity index (χ0v) is 21.8. The van der Waals surface area contributed by atoms with Crippen molar-refractivity contribution in [2.75, 3.05) is 19.8 Å². The van der Waals surface area contributed by atoms with Crippen LogP contribution in [0.5, 0.6) is 11.5 Å². The fraction of sp³-hybridized carbons (Fsp3) is 0.267. The molecule has 3 aromatic rings. The number of carbonyl (C=O) groups excluding carboxylic acids is 1. The van der Waals surface area contributed by atoms with Crippen molar-refractivity contribution in [2.24, 2.45) is 10.9 Å². The Labute approximate surface area is 217 Å². The van der Waals surface area contributed by atoms with Crippen LogP contribution in [0.25, 0.3) is 6.08 Å². The van der Waals surface area contributed by atoms with Crippen LogP contribution in [-0.2, 0) is 11.2 Å². The van der Waals surface area contributed by atoms with E-state index in [1.165, 1.54) is 17.3 Å². The fourth-order valence-electron chi connectivity index (χ4n) is 3.70. The first-order valence-electron chi connectivity index (χ1n) is 12.3. The van der Waals surface area contributed by atoms with E-state index in [4.69, 9.17) is 14.5 Å². The van der Waals surface area contributed by atoms with Gasteiger partial charge in [0.15, 0.2) is 16.7 Å². The highest BCUT2D eigenvalue weighted by Crippen LogP contribution is 2.36. The third kappa shape index (κ3) is 6.79. The number of aliphatic imine (C=N–C) groups is 1. The lowest BCUT2D eigenvalue weighted by atomic mass is 10.1. The largest absolute Gasteiger partial charge is 0.490 e. The molecule has 5 nitrogen and oxygen atoms in total. The molecule has 0 N–H and O–H groups in total. The zero-order valence-electron chi connectivity index (χ0n) is 21.0. The Morgan fingerprint density at radius 2 is 1.67 bits per heavy atom. The van der Waals surface area contributed by atoms with E-state index in [1.54, 1.807) is 4.90 Å². The topological polar surface area (TPSA) is 51.1 Å². The van der Waals surface area contributed by atoms with Crippen LogP contribution in [-0.4, -0.2) is 35.7 Å². The number of nitrogens with zero attached hydrogens (tertiary/aromatic N) is 2. The van der Waals surface area contributed by atoms with Gasteiger partial charge in [0.1, 0.15) is 0 Å². The third-order valence-corrected chi connectivity index (χ3v) is 6.48. The highest BCUT2D eigenvalue weighted by atomic mass is 32.2. The number of amides is 1. The fourth-order valence-corrected chi connectivity index (χ4v) is 4.72. The second kappa shape index (κ2) is 12.5. The van der Waals surface area contributed by atoms with Crippen molar-refractivity contribution < 1.29 is 14.3 Å². The van der Waals surface area contributed by atoms with Gasteiger partial charge in [0.25, 0.3) is 5.91 Å². The first-order chi connectivity index (χ1) is 17.5. The predicted molar refractivity (Wildman–Crippen MR) is 149 cm³/mol. The minimum absolute atomic E-state index is 0.0382. The van der Waals surface area contributed by atoms with E-state index in [1.807, 2.05) is 79.7 Å². The number of benzene rings is 3. The minimum Gasteiger partial charge on any atom is -0.490 e. The van der Waals surface area contributed by atoms with E-state index < -0.39 is 0 Å². The van der Waals surface area contributed by atoms with Crippen LogP contribution in [0.4, 0.5) is 5.69 Å². The lowest BCUT2D eigenvalue weighted by molar-refractivity contribution is -0.122. The van der Waals surface area contributed by atoms with Crippen molar-refractivity contribution in [3.8, 4) is 11.5 Å². The smallest absolute Gasteiger partial charge is 0.266 e. The van der Waals surface area contributed by atoms with Gasteiger partial charge in [0.2, 0.25) is 0 Å². The van der Waals surface area contributed by atoms with Crippen LogP contribution in [0, 0.1) is 5.92 Å². The number of hydrogen-bond acceptors (Lipinski definition) is 5. The van der Waals surface area contributed by atoms with Gasteiger partial charge < -0.3 is 9.47 Å². The van der Waals surface area contributed by atoms with Crippen LogP contribution >= 0.6 is 11.8 Å². The molecule has 0 aliphatic carbocycles. The summed E-state index contributed by atoms with van der Waals surface area (Å²) in [4.78, 5) is 20.7. The normalized spacial score (nSPS) is 15.8. The van der Waals surface area contributed by atoms with Gasteiger partial charge in [-0.15, -0.1) is 0 Å². The van der Waals surface area contributed by atoms with Gasteiger partial charge in [-0.05, 0) is 72.5 Å². The zero-order chi connectivity index (χ0) is 25.3. The molecule has 0 radical (unpaired) electrons. The number of carbonyl (C=O) groups is 1. The van der Waals surface area contributed by atoms with Gasteiger partial charge >= 0.3 is 0 Å². The SMILES string of the molecule is CCOc1cc(/C=C2/SC(=Nc3ccccc3)N(CCc3ccccc3)C2=O)ccc1OCC(C)C. The second-order valence-electron chi connectivity index (χ2n) is 8.88. The van der Waals surface area contributed by atoms with Crippen molar-refractivity contribution >= 4 is 34.6 Å². The Hall–Kier alpha value is -3.51. The molecule has 36 heavy (non-hydrogen) atoms. The summed E-state index contributed by atoms with van der Waals surface area (Å²) >= 11 is 1.40. The van der Waals surface area contributed by atoms with E-state index in [0.717, 1.165) is 17.7 Å². The number of ether oxygens (including phenoxy) is 2. The average molecular weight is 501 g/mol. The Morgan fingerprint density at radius 1 is 0.944 bits per heavy atom. The standard InChI is InChI=1S/C30H32N2O3S/c1-4-34-27-19-24(15-16-26(27)35-21-22(2)3)20-28-29(33)32(18-17-23-11-7-5-8-12-23)30(36-28)31-25-13-9-6-10-14-25/h5-16,19-20,22H,4,17-18,21H2,1-3H3/b28-20+,31-30?. The molecule has 1 saturated heterocycles. The first kappa shape index (κ1) is 25.6. The Balaban J connectivity index is 1.61. The summed E-state index contributed by atoms with van der Waals surface area (Å²) in [6.45, 7) is 7.88. The van der Waals surface area contributed by atoms with Gasteiger partial charge in [-0.1, -0.05) is 68.4 Å². The molecule has 0 bridgehead atoms. The molecule has 0 spiro atoms. The summed E-state index contributed by atoms with van der Waals surface area (Å²) < 4.78 is 11.8. The molecule has 1 aliphatic heterocycles. The molecule has 0 atom stereocenters. The second-order valence-corrected chi connectivity index (χ2v) is 9.89. The van der Waals surface area contributed by atoms with E-state index in [-0.39, 0.29) is 5.91 Å². The number of thioether (sulfide) groups is 1. The number of para-hydroxylation sites is 1. The van der Waals surface area contributed by atoms with Gasteiger partial charge in [-0.2, -0.15) is 0 Å². The van der Waals surface area contributed by atoms with Crippen molar-refractivity contribution in [3.05, 3.63) is 94.9 Å². The van der Waals surface area contributed by atoms with Crippen molar-refractivity contribution in [1.29, 1.82) is 0 Å². The van der Waals surface area contributed by atoms with E-state index in [2.05, 4.69) is 26.0 Å². The molecule has 0 saturated carbocycles. The summed E-state index contributed by atoms with van der Waals surface area (Å²) in [5, 5.41) is 0.690. The molecule has 3 aromatic carbocycles. The summed E-state index contributed by atoms with van der Waals surface area (Å²) in [5.41, 5.74) is 2.89. The Morgan fingerprint density at radius 3 is 2.36 bits per heavy atom. The summed E-state index contributed by atoms with van der Waals surface area (Å²) in [6, 6.07) is 25.7. The maximum Gasteiger partial charge on any atom is 0.266 e. The molecular formula is C30H32N2O3S. The number of rotatable bonds is 10. The molecular weight excluding hydrogens is 468 g/mol. The quantitative estimate of drug-likeness (QED) is 0.282. The lowest BCUT2D eigenvalue weighted by Crippen LogP contribution is -2.31. The molecule has 1 aliphatic rings. The predicted octanol–water partition coefficient (Wildman–Crippen LogP) is 6.97. The van der Waals surface area contributed by atoms with Crippen molar-refractivity contribution in [1.82, 2.24) is 4.90 Å².